The lowest BCUT2D eigenvalue weighted by Crippen LogP contribution is -2.35. The largest absolute Gasteiger partial charge is 0.377 e. The maximum atomic E-state index is 5.94. The number of hydrogen-bond donors (Lipinski definition) is 1. The number of ether oxygens (including phenoxy) is 2. The fourth-order valence-electron chi connectivity index (χ4n) is 3.67. The Morgan fingerprint density at radius 3 is 1.26 bits per heavy atom. The van der Waals surface area contributed by atoms with Gasteiger partial charge in [-0.15, -0.1) is 0 Å². The summed E-state index contributed by atoms with van der Waals surface area (Å²) >= 11 is 0. The predicted octanol–water partition coefficient (Wildman–Crippen LogP) is 6.89. The van der Waals surface area contributed by atoms with Crippen LogP contribution in [0.2, 0.25) is 0 Å². The van der Waals surface area contributed by atoms with E-state index in [0.29, 0.717) is 12.2 Å². The van der Waals surface area contributed by atoms with Gasteiger partial charge in [0, 0.05) is 26.3 Å². The number of nitrogens with one attached hydrogen (secondary N) is 1. The summed E-state index contributed by atoms with van der Waals surface area (Å²) in [5, 5.41) is 3.63. The fraction of sp³-hybridized carbons (Fsp3) is 1.00. The highest BCUT2D eigenvalue weighted by atomic mass is 16.5. The molecule has 0 aliphatic carbocycles. The van der Waals surface area contributed by atoms with Crippen LogP contribution >= 0.6 is 0 Å². The second-order valence-electron chi connectivity index (χ2n) is 7.93. The molecule has 0 saturated heterocycles. The molecule has 0 saturated carbocycles. The van der Waals surface area contributed by atoms with Crippen molar-refractivity contribution in [1.29, 1.82) is 0 Å². The first-order chi connectivity index (χ1) is 13.3. The molecular weight excluding hydrogens is 334 g/mol. The molecule has 0 spiro atoms. The number of hydrogen-bond acceptors (Lipinski definition) is 3. The molecule has 0 aromatic carbocycles. The minimum atomic E-state index is 0.359. The van der Waals surface area contributed by atoms with Crippen LogP contribution in [0.15, 0.2) is 0 Å². The van der Waals surface area contributed by atoms with Gasteiger partial charge in [-0.1, -0.05) is 90.9 Å². The predicted molar refractivity (Wildman–Crippen MR) is 120 cm³/mol. The molecule has 3 heteroatoms. The summed E-state index contributed by atoms with van der Waals surface area (Å²) in [4.78, 5) is 0. The van der Waals surface area contributed by atoms with E-state index in [1.807, 2.05) is 0 Å². The minimum absolute atomic E-state index is 0.359. The Balaban J connectivity index is 3.87. The van der Waals surface area contributed by atoms with Gasteiger partial charge in [0.25, 0.3) is 0 Å². The molecule has 2 unspecified atom stereocenters. The third kappa shape index (κ3) is 19.0. The quantitative estimate of drug-likeness (QED) is 0.206. The van der Waals surface area contributed by atoms with E-state index in [1.165, 1.54) is 89.9 Å². The van der Waals surface area contributed by atoms with Crippen molar-refractivity contribution in [2.24, 2.45) is 0 Å². The fourth-order valence-corrected chi connectivity index (χ4v) is 3.67. The van der Waals surface area contributed by atoms with Gasteiger partial charge in [0.05, 0.1) is 12.2 Å². The van der Waals surface area contributed by atoms with E-state index in [0.717, 1.165) is 26.3 Å². The zero-order valence-electron chi connectivity index (χ0n) is 19.2. The molecule has 3 nitrogen and oxygen atoms in total. The molecule has 0 aromatic rings. The van der Waals surface area contributed by atoms with Crippen molar-refractivity contribution < 1.29 is 9.47 Å². The monoisotopic (exact) mass is 385 g/mol. The van der Waals surface area contributed by atoms with Crippen LogP contribution in [-0.4, -0.2) is 38.5 Å². The van der Waals surface area contributed by atoms with Crippen molar-refractivity contribution in [2.45, 2.75) is 130 Å². The zero-order valence-corrected chi connectivity index (χ0v) is 19.2. The Bertz CT molecular complexity index is 247. The molecule has 1 N–H and O–H groups in total. The highest BCUT2D eigenvalue weighted by Crippen LogP contribution is 2.12. The summed E-state index contributed by atoms with van der Waals surface area (Å²) < 4.78 is 11.9. The van der Waals surface area contributed by atoms with Gasteiger partial charge < -0.3 is 14.8 Å². The van der Waals surface area contributed by atoms with Gasteiger partial charge in [0.15, 0.2) is 0 Å². The first-order valence-electron chi connectivity index (χ1n) is 12.2. The summed E-state index contributed by atoms with van der Waals surface area (Å²) in [6.45, 7) is 12.3. The van der Waals surface area contributed by atoms with E-state index >= 15 is 0 Å². The second kappa shape index (κ2) is 22.2. The summed E-state index contributed by atoms with van der Waals surface area (Å²) in [5.74, 6) is 0. The maximum absolute atomic E-state index is 5.94. The van der Waals surface area contributed by atoms with E-state index < -0.39 is 0 Å². The van der Waals surface area contributed by atoms with Gasteiger partial charge in [0.1, 0.15) is 0 Å². The van der Waals surface area contributed by atoms with Crippen LogP contribution in [-0.2, 0) is 9.47 Å². The van der Waals surface area contributed by atoms with E-state index in [4.69, 9.17) is 9.47 Å². The average molecular weight is 386 g/mol. The Kier molecular flexibility index (Phi) is 22.1. The zero-order chi connectivity index (χ0) is 20.0. The smallest absolute Gasteiger partial charge is 0.0699 e. The van der Waals surface area contributed by atoms with Crippen LogP contribution < -0.4 is 5.32 Å². The Morgan fingerprint density at radius 1 is 0.519 bits per heavy atom. The van der Waals surface area contributed by atoms with E-state index in [1.54, 1.807) is 0 Å². The van der Waals surface area contributed by atoms with Crippen LogP contribution in [0.1, 0.15) is 118 Å². The van der Waals surface area contributed by atoms with Gasteiger partial charge in [-0.25, -0.2) is 0 Å². The van der Waals surface area contributed by atoms with E-state index in [2.05, 4.69) is 33.0 Å². The van der Waals surface area contributed by atoms with Gasteiger partial charge in [-0.3, -0.25) is 0 Å². The number of unbranched alkanes of at least 4 members (excludes halogenated alkanes) is 10. The van der Waals surface area contributed by atoms with Crippen molar-refractivity contribution in [1.82, 2.24) is 5.32 Å². The third-order valence-corrected chi connectivity index (χ3v) is 5.31. The lowest BCUT2D eigenvalue weighted by Gasteiger charge is -2.21. The van der Waals surface area contributed by atoms with Crippen molar-refractivity contribution in [3.05, 3.63) is 0 Å². The Morgan fingerprint density at radius 2 is 0.889 bits per heavy atom. The van der Waals surface area contributed by atoms with Crippen molar-refractivity contribution >= 4 is 0 Å². The second-order valence-corrected chi connectivity index (χ2v) is 7.93. The van der Waals surface area contributed by atoms with Crippen LogP contribution in [0, 0.1) is 0 Å². The molecule has 0 amide bonds. The highest BCUT2D eigenvalue weighted by Gasteiger charge is 2.11. The Labute approximate surface area is 171 Å². The van der Waals surface area contributed by atoms with Gasteiger partial charge in [-0.2, -0.15) is 0 Å². The molecule has 0 fully saturated rings. The molecular formula is C24H51NO2. The molecule has 0 heterocycles. The standard InChI is InChI=1S/C24H51NO2/c1-5-9-11-13-15-17-19-23(26-7-3)21-25-22-24(27-8-4)20-18-16-14-12-10-6-2/h23-25H,5-22H2,1-4H3. The first-order valence-corrected chi connectivity index (χ1v) is 12.2. The normalized spacial score (nSPS) is 13.8. The molecule has 0 radical (unpaired) electrons. The molecule has 0 aliphatic rings. The van der Waals surface area contributed by atoms with E-state index in [-0.39, 0.29) is 0 Å². The lowest BCUT2D eigenvalue weighted by molar-refractivity contribution is 0.0371. The van der Waals surface area contributed by atoms with Gasteiger partial charge in [0.2, 0.25) is 0 Å². The van der Waals surface area contributed by atoms with E-state index in [9.17, 15) is 0 Å². The van der Waals surface area contributed by atoms with Gasteiger partial charge in [-0.05, 0) is 26.7 Å². The van der Waals surface area contributed by atoms with Crippen molar-refractivity contribution in [2.75, 3.05) is 26.3 Å². The summed E-state index contributed by atoms with van der Waals surface area (Å²) in [7, 11) is 0. The maximum Gasteiger partial charge on any atom is 0.0699 e. The van der Waals surface area contributed by atoms with Gasteiger partial charge >= 0.3 is 0 Å². The van der Waals surface area contributed by atoms with Crippen LogP contribution in [0.4, 0.5) is 0 Å². The SMILES string of the molecule is CCCCCCCCC(CNCC(CCCCCCCC)OCC)OCC. The Hall–Kier alpha value is -0.120. The summed E-state index contributed by atoms with van der Waals surface area (Å²) in [6.07, 6.45) is 19.3. The van der Waals surface area contributed by atoms with Crippen LogP contribution in [0.25, 0.3) is 0 Å². The van der Waals surface area contributed by atoms with Crippen LogP contribution in [0.5, 0.6) is 0 Å². The van der Waals surface area contributed by atoms with Crippen molar-refractivity contribution in [3.8, 4) is 0 Å². The van der Waals surface area contributed by atoms with Crippen LogP contribution in [0.3, 0.4) is 0 Å². The summed E-state index contributed by atoms with van der Waals surface area (Å²) in [5.41, 5.74) is 0. The third-order valence-electron chi connectivity index (χ3n) is 5.31. The molecule has 2 atom stereocenters. The molecule has 164 valence electrons. The molecule has 27 heavy (non-hydrogen) atoms. The van der Waals surface area contributed by atoms with Crippen molar-refractivity contribution in [3.63, 3.8) is 0 Å². The molecule has 0 aromatic heterocycles. The first kappa shape index (κ1) is 26.9. The summed E-state index contributed by atoms with van der Waals surface area (Å²) in [6, 6.07) is 0. The molecule has 0 aliphatic heterocycles. The lowest BCUT2D eigenvalue weighted by atomic mass is 10.1. The number of rotatable bonds is 22. The minimum Gasteiger partial charge on any atom is -0.377 e. The topological polar surface area (TPSA) is 30.5 Å². The average Bonchev–Trinajstić information content (AvgIpc) is 2.67. The highest BCUT2D eigenvalue weighted by molar-refractivity contribution is 4.67. The molecule has 0 rings (SSSR count). The molecule has 0 bridgehead atoms.